The summed E-state index contributed by atoms with van der Waals surface area (Å²) in [6.07, 6.45) is 0. The van der Waals surface area contributed by atoms with Gasteiger partial charge in [-0.15, -0.1) is 10.2 Å². The highest BCUT2D eigenvalue weighted by molar-refractivity contribution is 5.95. The molecule has 2 aromatic rings. The molecule has 2 aliphatic heterocycles. The van der Waals surface area contributed by atoms with E-state index < -0.39 is 0 Å². The number of ether oxygens (including phenoxy) is 2. The third kappa shape index (κ3) is 2.09. The second-order valence-corrected chi connectivity index (χ2v) is 5.40. The molecule has 0 unspecified atom stereocenters. The Bertz CT molecular complexity index is 740. The van der Waals surface area contributed by atoms with Crippen LogP contribution < -0.4 is 9.47 Å². The van der Waals surface area contributed by atoms with Crippen molar-refractivity contribution in [3.05, 3.63) is 35.4 Å². The van der Waals surface area contributed by atoms with E-state index >= 15 is 0 Å². The Morgan fingerprint density at radius 2 is 1.95 bits per heavy atom. The fourth-order valence-electron chi connectivity index (χ4n) is 2.84. The molecule has 2 aliphatic rings. The first-order valence-corrected chi connectivity index (χ1v) is 7.30. The van der Waals surface area contributed by atoms with Crippen molar-refractivity contribution >= 4 is 5.91 Å². The SMILES string of the molecule is Cc1nnc2n1CCN(C(=O)c1ccc3c(c1)OCCO3)C2. The quantitative estimate of drug-likeness (QED) is 0.786. The number of aromatic nitrogens is 3. The standard InChI is InChI=1S/C15H16N4O3/c1-10-16-17-14-9-18(4-5-19(10)14)15(20)11-2-3-12-13(8-11)22-7-6-21-12/h2-3,8H,4-7,9H2,1H3. The van der Waals surface area contributed by atoms with Crippen molar-refractivity contribution in [2.75, 3.05) is 19.8 Å². The molecule has 1 aromatic heterocycles. The number of benzene rings is 1. The van der Waals surface area contributed by atoms with Gasteiger partial charge in [-0.2, -0.15) is 0 Å². The molecule has 0 aliphatic carbocycles. The van der Waals surface area contributed by atoms with E-state index in [9.17, 15) is 4.79 Å². The molecular formula is C15H16N4O3. The van der Waals surface area contributed by atoms with E-state index in [1.807, 2.05) is 11.5 Å². The van der Waals surface area contributed by atoms with Gasteiger partial charge in [0.2, 0.25) is 0 Å². The van der Waals surface area contributed by atoms with Crippen LogP contribution in [-0.4, -0.2) is 45.3 Å². The number of hydrogen-bond acceptors (Lipinski definition) is 5. The van der Waals surface area contributed by atoms with Gasteiger partial charge in [-0.25, -0.2) is 0 Å². The van der Waals surface area contributed by atoms with Gasteiger partial charge in [0.05, 0.1) is 6.54 Å². The lowest BCUT2D eigenvalue weighted by molar-refractivity contribution is 0.0705. The zero-order valence-corrected chi connectivity index (χ0v) is 12.3. The van der Waals surface area contributed by atoms with Crippen molar-refractivity contribution in [2.45, 2.75) is 20.0 Å². The van der Waals surface area contributed by atoms with E-state index in [0.29, 0.717) is 43.4 Å². The van der Waals surface area contributed by atoms with Crippen molar-refractivity contribution in [1.82, 2.24) is 19.7 Å². The molecule has 1 aromatic carbocycles. The molecule has 3 heterocycles. The minimum absolute atomic E-state index is 0.0242. The highest BCUT2D eigenvalue weighted by Crippen LogP contribution is 2.31. The van der Waals surface area contributed by atoms with E-state index in [1.54, 1.807) is 23.1 Å². The van der Waals surface area contributed by atoms with Gasteiger partial charge < -0.3 is 18.9 Å². The molecule has 4 rings (SSSR count). The molecule has 0 saturated heterocycles. The largest absolute Gasteiger partial charge is 0.486 e. The van der Waals surface area contributed by atoms with Crippen LogP contribution >= 0.6 is 0 Å². The lowest BCUT2D eigenvalue weighted by atomic mass is 10.1. The van der Waals surface area contributed by atoms with Crippen molar-refractivity contribution in [2.24, 2.45) is 0 Å². The Balaban J connectivity index is 1.57. The maximum absolute atomic E-state index is 12.7. The van der Waals surface area contributed by atoms with E-state index in [1.165, 1.54) is 0 Å². The predicted octanol–water partition coefficient (Wildman–Crippen LogP) is 1.01. The van der Waals surface area contributed by atoms with Gasteiger partial charge >= 0.3 is 0 Å². The van der Waals surface area contributed by atoms with E-state index in [-0.39, 0.29) is 5.91 Å². The summed E-state index contributed by atoms with van der Waals surface area (Å²) in [7, 11) is 0. The van der Waals surface area contributed by atoms with Crippen LogP contribution in [0.2, 0.25) is 0 Å². The third-order valence-electron chi connectivity index (χ3n) is 4.01. The maximum Gasteiger partial charge on any atom is 0.254 e. The second kappa shape index (κ2) is 5.01. The monoisotopic (exact) mass is 300 g/mol. The van der Waals surface area contributed by atoms with Crippen molar-refractivity contribution in [1.29, 1.82) is 0 Å². The van der Waals surface area contributed by atoms with Crippen molar-refractivity contribution in [3.63, 3.8) is 0 Å². The van der Waals surface area contributed by atoms with Crippen molar-refractivity contribution in [3.8, 4) is 11.5 Å². The molecule has 0 spiro atoms. The molecule has 0 fully saturated rings. The van der Waals surface area contributed by atoms with Crippen LogP contribution in [0.1, 0.15) is 22.0 Å². The Labute approximate surface area is 127 Å². The number of hydrogen-bond donors (Lipinski definition) is 0. The van der Waals surface area contributed by atoms with Gasteiger partial charge in [-0.05, 0) is 25.1 Å². The molecule has 0 saturated carbocycles. The molecule has 7 nitrogen and oxygen atoms in total. The first kappa shape index (κ1) is 13.1. The summed E-state index contributed by atoms with van der Waals surface area (Å²) in [4.78, 5) is 14.5. The Kier molecular flexibility index (Phi) is 2.99. The van der Waals surface area contributed by atoms with Crippen LogP contribution in [0.3, 0.4) is 0 Å². The number of carbonyl (C=O) groups excluding carboxylic acids is 1. The number of carbonyl (C=O) groups is 1. The lowest BCUT2D eigenvalue weighted by Crippen LogP contribution is -2.38. The topological polar surface area (TPSA) is 69.5 Å². The Hall–Kier alpha value is -2.57. The van der Waals surface area contributed by atoms with E-state index in [2.05, 4.69) is 10.2 Å². The van der Waals surface area contributed by atoms with Gasteiger partial charge in [0.25, 0.3) is 5.91 Å². The van der Waals surface area contributed by atoms with Gasteiger partial charge in [0.15, 0.2) is 17.3 Å². The highest BCUT2D eigenvalue weighted by Gasteiger charge is 2.25. The summed E-state index contributed by atoms with van der Waals surface area (Å²) >= 11 is 0. The first-order valence-electron chi connectivity index (χ1n) is 7.30. The minimum Gasteiger partial charge on any atom is -0.486 e. The summed E-state index contributed by atoms with van der Waals surface area (Å²) in [6.45, 7) is 4.84. The van der Waals surface area contributed by atoms with Gasteiger partial charge in [-0.1, -0.05) is 0 Å². The van der Waals surface area contributed by atoms with Crippen LogP contribution in [0.25, 0.3) is 0 Å². The van der Waals surface area contributed by atoms with Crippen LogP contribution in [0.5, 0.6) is 11.5 Å². The van der Waals surface area contributed by atoms with E-state index in [0.717, 1.165) is 18.2 Å². The number of fused-ring (bicyclic) bond motifs is 2. The lowest BCUT2D eigenvalue weighted by Gasteiger charge is -2.28. The smallest absolute Gasteiger partial charge is 0.254 e. The fourth-order valence-corrected chi connectivity index (χ4v) is 2.84. The second-order valence-electron chi connectivity index (χ2n) is 5.40. The highest BCUT2D eigenvalue weighted by atomic mass is 16.6. The normalized spacial score (nSPS) is 16.3. The zero-order chi connectivity index (χ0) is 15.1. The maximum atomic E-state index is 12.7. The van der Waals surface area contributed by atoms with E-state index in [4.69, 9.17) is 9.47 Å². The summed E-state index contributed by atoms with van der Waals surface area (Å²) in [6, 6.07) is 5.32. The van der Waals surface area contributed by atoms with Gasteiger partial charge in [-0.3, -0.25) is 4.79 Å². The molecule has 114 valence electrons. The molecular weight excluding hydrogens is 284 g/mol. The summed E-state index contributed by atoms with van der Waals surface area (Å²) in [5.41, 5.74) is 0.605. The number of nitrogens with zero attached hydrogens (tertiary/aromatic N) is 4. The molecule has 0 radical (unpaired) electrons. The van der Waals surface area contributed by atoms with Crippen LogP contribution in [-0.2, 0) is 13.1 Å². The summed E-state index contributed by atoms with van der Waals surface area (Å²) in [5, 5.41) is 8.19. The average Bonchev–Trinajstić information content (AvgIpc) is 2.94. The van der Waals surface area contributed by atoms with Gasteiger partial charge in [0.1, 0.15) is 19.0 Å². The summed E-state index contributed by atoms with van der Waals surface area (Å²) < 4.78 is 13.1. The Morgan fingerprint density at radius 1 is 1.14 bits per heavy atom. The molecule has 0 atom stereocenters. The van der Waals surface area contributed by atoms with Crippen LogP contribution in [0, 0.1) is 6.92 Å². The predicted molar refractivity (Wildman–Crippen MR) is 76.9 cm³/mol. The molecule has 7 heteroatoms. The first-order chi connectivity index (χ1) is 10.7. The average molecular weight is 300 g/mol. The van der Waals surface area contributed by atoms with Crippen LogP contribution in [0.4, 0.5) is 0 Å². The molecule has 0 bridgehead atoms. The fraction of sp³-hybridized carbons (Fsp3) is 0.400. The Morgan fingerprint density at radius 3 is 2.82 bits per heavy atom. The van der Waals surface area contributed by atoms with Crippen molar-refractivity contribution < 1.29 is 14.3 Å². The van der Waals surface area contributed by atoms with Crippen LogP contribution in [0.15, 0.2) is 18.2 Å². The number of rotatable bonds is 1. The third-order valence-corrected chi connectivity index (χ3v) is 4.01. The molecule has 22 heavy (non-hydrogen) atoms. The number of aryl methyl sites for hydroxylation is 1. The van der Waals surface area contributed by atoms with Gasteiger partial charge in [0, 0.05) is 18.7 Å². The zero-order valence-electron chi connectivity index (χ0n) is 12.3. The minimum atomic E-state index is -0.0242. The summed E-state index contributed by atoms with van der Waals surface area (Å²) in [5.74, 6) is 3.02. The number of amides is 1. The molecule has 1 amide bonds. The molecule has 0 N–H and O–H groups in total.